The second-order valence-corrected chi connectivity index (χ2v) is 3.04. The Morgan fingerprint density at radius 3 is 3.08 bits per heavy atom. The van der Waals surface area contributed by atoms with Gasteiger partial charge in [0.2, 0.25) is 11.8 Å². The van der Waals surface area contributed by atoms with Crippen molar-refractivity contribution in [3.05, 3.63) is 0 Å². The molecule has 1 aliphatic heterocycles. The molecule has 0 aromatic rings. The Kier molecular flexibility index (Phi) is 3.70. The average Bonchev–Trinajstić information content (AvgIpc) is 2.16. The number of piperidine rings is 1. The van der Waals surface area contributed by atoms with E-state index in [-0.39, 0.29) is 24.4 Å². The van der Waals surface area contributed by atoms with Crippen molar-refractivity contribution in [3.63, 3.8) is 0 Å². The van der Waals surface area contributed by atoms with Crippen molar-refractivity contribution < 1.29 is 9.59 Å². The van der Waals surface area contributed by atoms with E-state index >= 15 is 0 Å². The highest BCUT2D eigenvalue weighted by Crippen LogP contribution is 2.01. The third-order valence-corrected chi connectivity index (χ3v) is 2.07. The fourth-order valence-corrected chi connectivity index (χ4v) is 1.27. The third-order valence-electron chi connectivity index (χ3n) is 2.07. The second-order valence-electron chi connectivity index (χ2n) is 3.04. The number of nitrogens with one attached hydrogen (secondary N) is 3. The van der Waals surface area contributed by atoms with Crippen LogP contribution in [0.1, 0.15) is 12.8 Å². The SMILES string of the molecule is CNC(=O)CNC1CCCNC1=O. The van der Waals surface area contributed by atoms with E-state index in [9.17, 15) is 9.59 Å². The summed E-state index contributed by atoms with van der Waals surface area (Å²) in [6, 6.07) is -0.203. The van der Waals surface area contributed by atoms with Crippen molar-refractivity contribution in [1.82, 2.24) is 16.0 Å². The van der Waals surface area contributed by atoms with Gasteiger partial charge in [0, 0.05) is 13.6 Å². The van der Waals surface area contributed by atoms with Crippen LogP contribution in [0.2, 0.25) is 0 Å². The Morgan fingerprint density at radius 1 is 1.69 bits per heavy atom. The van der Waals surface area contributed by atoms with Gasteiger partial charge in [-0.25, -0.2) is 0 Å². The first-order valence-electron chi connectivity index (χ1n) is 4.45. The van der Waals surface area contributed by atoms with Gasteiger partial charge in [0.15, 0.2) is 0 Å². The van der Waals surface area contributed by atoms with Gasteiger partial charge >= 0.3 is 0 Å². The summed E-state index contributed by atoms with van der Waals surface area (Å²) in [5, 5.41) is 8.12. The molecule has 1 saturated heterocycles. The van der Waals surface area contributed by atoms with E-state index in [1.807, 2.05) is 0 Å². The molecule has 0 spiro atoms. The lowest BCUT2D eigenvalue weighted by atomic mass is 10.1. The first-order chi connectivity index (χ1) is 6.24. The molecule has 0 aromatic carbocycles. The average molecular weight is 185 g/mol. The van der Waals surface area contributed by atoms with Crippen LogP contribution in [0.15, 0.2) is 0 Å². The molecule has 0 aromatic heterocycles. The van der Waals surface area contributed by atoms with E-state index in [0.717, 1.165) is 19.4 Å². The minimum absolute atomic E-state index is 0.00449. The van der Waals surface area contributed by atoms with Gasteiger partial charge in [-0.05, 0) is 12.8 Å². The van der Waals surface area contributed by atoms with Crippen LogP contribution in [0.5, 0.6) is 0 Å². The molecular weight excluding hydrogens is 170 g/mol. The molecule has 5 nitrogen and oxygen atoms in total. The van der Waals surface area contributed by atoms with Crippen LogP contribution in [0, 0.1) is 0 Å². The first-order valence-corrected chi connectivity index (χ1v) is 4.45. The maximum atomic E-state index is 11.2. The summed E-state index contributed by atoms with van der Waals surface area (Å²) in [5.74, 6) is -0.103. The summed E-state index contributed by atoms with van der Waals surface area (Å²) in [4.78, 5) is 22.0. The molecule has 0 radical (unpaired) electrons. The lowest BCUT2D eigenvalue weighted by molar-refractivity contribution is -0.125. The van der Waals surface area contributed by atoms with Gasteiger partial charge in [0.1, 0.15) is 0 Å². The fourth-order valence-electron chi connectivity index (χ4n) is 1.27. The smallest absolute Gasteiger partial charge is 0.237 e. The molecular formula is C8H15N3O2. The maximum Gasteiger partial charge on any atom is 0.237 e. The van der Waals surface area contributed by atoms with Gasteiger partial charge in [-0.15, -0.1) is 0 Å². The standard InChI is InChI=1S/C8H15N3O2/c1-9-7(12)5-11-6-3-2-4-10-8(6)13/h6,11H,2-5H2,1H3,(H,9,12)(H,10,13). The van der Waals surface area contributed by atoms with E-state index in [2.05, 4.69) is 16.0 Å². The highest BCUT2D eigenvalue weighted by molar-refractivity contribution is 5.84. The third kappa shape index (κ3) is 3.02. The molecule has 0 aliphatic carbocycles. The maximum absolute atomic E-state index is 11.2. The van der Waals surface area contributed by atoms with E-state index in [4.69, 9.17) is 0 Å². The predicted octanol–water partition coefficient (Wildman–Crippen LogP) is -1.40. The number of hydrogen-bond donors (Lipinski definition) is 3. The highest BCUT2D eigenvalue weighted by atomic mass is 16.2. The van der Waals surface area contributed by atoms with Crippen molar-refractivity contribution in [3.8, 4) is 0 Å². The van der Waals surface area contributed by atoms with Gasteiger partial charge in [-0.2, -0.15) is 0 Å². The number of carbonyl (C=O) groups is 2. The number of likely N-dealkylation sites (N-methyl/N-ethyl adjacent to an activating group) is 1. The van der Waals surface area contributed by atoms with Gasteiger partial charge in [-0.1, -0.05) is 0 Å². The molecule has 0 saturated carbocycles. The molecule has 1 rings (SSSR count). The van der Waals surface area contributed by atoms with Crippen molar-refractivity contribution in [2.45, 2.75) is 18.9 Å². The molecule has 3 N–H and O–H groups in total. The van der Waals surface area contributed by atoms with Crippen LogP contribution < -0.4 is 16.0 Å². The second kappa shape index (κ2) is 4.81. The molecule has 2 amide bonds. The molecule has 1 fully saturated rings. The number of carbonyl (C=O) groups excluding carboxylic acids is 2. The minimum atomic E-state index is -0.203. The summed E-state index contributed by atoms with van der Waals surface area (Å²) >= 11 is 0. The summed E-state index contributed by atoms with van der Waals surface area (Å²) < 4.78 is 0. The number of hydrogen-bond acceptors (Lipinski definition) is 3. The van der Waals surface area contributed by atoms with Crippen LogP contribution in [-0.4, -0.2) is 38.0 Å². The fraction of sp³-hybridized carbons (Fsp3) is 0.750. The Hall–Kier alpha value is -1.10. The van der Waals surface area contributed by atoms with Gasteiger partial charge in [-0.3, -0.25) is 14.9 Å². The van der Waals surface area contributed by atoms with Crippen molar-refractivity contribution in [1.29, 1.82) is 0 Å². The van der Waals surface area contributed by atoms with Gasteiger partial charge in [0.05, 0.1) is 12.6 Å². The molecule has 1 unspecified atom stereocenters. The van der Waals surface area contributed by atoms with E-state index < -0.39 is 0 Å². The minimum Gasteiger partial charge on any atom is -0.358 e. The summed E-state index contributed by atoms with van der Waals surface area (Å²) in [7, 11) is 1.57. The summed E-state index contributed by atoms with van der Waals surface area (Å²) in [5.41, 5.74) is 0. The summed E-state index contributed by atoms with van der Waals surface area (Å²) in [6.45, 7) is 0.950. The van der Waals surface area contributed by atoms with Gasteiger partial charge in [0.25, 0.3) is 0 Å². The first kappa shape index (κ1) is 9.98. The largest absolute Gasteiger partial charge is 0.358 e. The molecule has 0 bridgehead atoms. The normalized spacial score (nSPS) is 22.2. The number of amides is 2. The van der Waals surface area contributed by atoms with Crippen LogP contribution in [0.25, 0.3) is 0 Å². The van der Waals surface area contributed by atoms with Gasteiger partial charge < -0.3 is 10.6 Å². The molecule has 5 heteroatoms. The van der Waals surface area contributed by atoms with Crippen LogP contribution in [0.3, 0.4) is 0 Å². The van der Waals surface area contributed by atoms with Crippen LogP contribution >= 0.6 is 0 Å². The van der Waals surface area contributed by atoms with Crippen LogP contribution in [0.4, 0.5) is 0 Å². The summed E-state index contributed by atoms with van der Waals surface area (Å²) in [6.07, 6.45) is 1.78. The van der Waals surface area contributed by atoms with Crippen molar-refractivity contribution in [2.24, 2.45) is 0 Å². The topological polar surface area (TPSA) is 70.2 Å². The Balaban J connectivity index is 2.26. The Morgan fingerprint density at radius 2 is 2.46 bits per heavy atom. The zero-order valence-corrected chi connectivity index (χ0v) is 7.72. The molecule has 1 atom stereocenters. The quantitative estimate of drug-likeness (QED) is 0.506. The van der Waals surface area contributed by atoms with Crippen molar-refractivity contribution >= 4 is 11.8 Å². The Labute approximate surface area is 77.3 Å². The predicted molar refractivity (Wildman–Crippen MR) is 48.1 cm³/mol. The lowest BCUT2D eigenvalue weighted by Crippen LogP contribution is -2.50. The zero-order valence-electron chi connectivity index (χ0n) is 7.72. The van der Waals surface area contributed by atoms with E-state index in [1.165, 1.54) is 0 Å². The van der Waals surface area contributed by atoms with E-state index in [1.54, 1.807) is 7.05 Å². The molecule has 13 heavy (non-hydrogen) atoms. The molecule has 1 heterocycles. The van der Waals surface area contributed by atoms with E-state index in [0.29, 0.717) is 0 Å². The molecule has 1 aliphatic rings. The number of rotatable bonds is 3. The zero-order chi connectivity index (χ0) is 9.68. The van der Waals surface area contributed by atoms with Crippen LogP contribution in [-0.2, 0) is 9.59 Å². The highest BCUT2D eigenvalue weighted by Gasteiger charge is 2.21. The van der Waals surface area contributed by atoms with Crippen molar-refractivity contribution in [2.75, 3.05) is 20.1 Å². The Bertz CT molecular complexity index is 206. The monoisotopic (exact) mass is 185 g/mol. The molecule has 74 valence electrons. The lowest BCUT2D eigenvalue weighted by Gasteiger charge is -2.22.